The Morgan fingerprint density at radius 1 is 1.44 bits per heavy atom. The van der Waals surface area contributed by atoms with Crippen LogP contribution in [0.2, 0.25) is 0 Å². The molecule has 0 aliphatic carbocycles. The summed E-state index contributed by atoms with van der Waals surface area (Å²) in [5.41, 5.74) is 1.07. The van der Waals surface area contributed by atoms with Crippen LogP contribution in [0.5, 0.6) is 0 Å². The fraction of sp³-hybridized carbons (Fsp3) is 0.182. The molecule has 82 valence electrons. The molecule has 2 aromatic rings. The van der Waals surface area contributed by atoms with E-state index in [9.17, 15) is 9.70 Å². The molecule has 0 spiro atoms. The normalized spacial score (nSPS) is 12.3. The highest BCUT2D eigenvalue weighted by Crippen LogP contribution is 2.21. The molecular formula is C11H11N3O2. The summed E-state index contributed by atoms with van der Waals surface area (Å²) in [4.78, 5) is 24.4. The van der Waals surface area contributed by atoms with Gasteiger partial charge in [-0.3, -0.25) is 4.57 Å². The average Bonchev–Trinajstić information content (AvgIpc) is 2.74. The number of hydrogen-bond donors (Lipinski definition) is 1. The zero-order chi connectivity index (χ0) is 11.5. The quantitative estimate of drug-likeness (QED) is 0.800. The van der Waals surface area contributed by atoms with Gasteiger partial charge in [0.25, 0.3) is 0 Å². The predicted octanol–water partition coefficient (Wildman–Crippen LogP) is 2.18. The van der Waals surface area contributed by atoms with E-state index in [-0.39, 0.29) is 11.7 Å². The molecule has 1 aromatic heterocycles. The Bertz CT molecular complexity index is 556. The summed E-state index contributed by atoms with van der Waals surface area (Å²) in [6, 6.07) is 6.79. The van der Waals surface area contributed by atoms with Crippen LogP contribution in [-0.4, -0.2) is 9.55 Å². The summed E-state index contributed by atoms with van der Waals surface area (Å²) in [6.07, 6.45) is 3.26. The summed E-state index contributed by atoms with van der Waals surface area (Å²) < 4.78 is 1.56. The van der Waals surface area contributed by atoms with Crippen LogP contribution in [0, 0.1) is 4.91 Å². The number of nitroso groups, excluding NO2 is 1. The van der Waals surface area contributed by atoms with Crippen molar-refractivity contribution in [3.05, 3.63) is 57.6 Å². The third kappa shape index (κ3) is 1.79. The smallest absolute Gasteiger partial charge is 0.313 e. The second-order valence-electron chi connectivity index (χ2n) is 3.53. The fourth-order valence-corrected chi connectivity index (χ4v) is 1.64. The first-order valence-electron chi connectivity index (χ1n) is 4.91. The lowest BCUT2D eigenvalue weighted by atomic mass is 10.1. The van der Waals surface area contributed by atoms with Crippen molar-refractivity contribution in [3.63, 3.8) is 0 Å². The molecule has 0 radical (unpaired) electrons. The van der Waals surface area contributed by atoms with E-state index in [0.29, 0.717) is 5.69 Å². The molecule has 16 heavy (non-hydrogen) atoms. The number of nitrogens with zero attached hydrogens (tertiary/aromatic N) is 2. The van der Waals surface area contributed by atoms with Crippen LogP contribution in [0.15, 0.2) is 46.6 Å². The number of rotatable bonds is 3. The van der Waals surface area contributed by atoms with Crippen molar-refractivity contribution in [2.45, 2.75) is 13.0 Å². The minimum absolute atomic E-state index is 0.125. The van der Waals surface area contributed by atoms with Crippen molar-refractivity contribution in [2.75, 3.05) is 0 Å². The monoisotopic (exact) mass is 217 g/mol. The van der Waals surface area contributed by atoms with Gasteiger partial charge in [-0.1, -0.05) is 12.1 Å². The number of imidazole rings is 1. The minimum atomic E-state index is -0.169. The van der Waals surface area contributed by atoms with E-state index in [2.05, 4.69) is 10.2 Å². The van der Waals surface area contributed by atoms with Crippen LogP contribution in [0.4, 0.5) is 5.69 Å². The summed E-state index contributed by atoms with van der Waals surface area (Å²) in [5, 5.41) is 2.87. The molecule has 0 saturated heterocycles. The first kappa shape index (κ1) is 10.4. The van der Waals surface area contributed by atoms with Gasteiger partial charge in [-0.15, -0.1) is 4.91 Å². The highest BCUT2D eigenvalue weighted by molar-refractivity contribution is 5.40. The van der Waals surface area contributed by atoms with E-state index in [4.69, 9.17) is 0 Å². The number of benzene rings is 1. The van der Waals surface area contributed by atoms with Gasteiger partial charge in [0.2, 0.25) is 0 Å². The third-order valence-corrected chi connectivity index (χ3v) is 2.55. The lowest BCUT2D eigenvalue weighted by Gasteiger charge is -2.12. The number of aromatic nitrogens is 2. The first-order valence-corrected chi connectivity index (χ1v) is 4.91. The molecule has 0 bridgehead atoms. The van der Waals surface area contributed by atoms with Crippen molar-refractivity contribution in [2.24, 2.45) is 5.18 Å². The van der Waals surface area contributed by atoms with Gasteiger partial charge in [0, 0.05) is 12.4 Å². The van der Waals surface area contributed by atoms with Gasteiger partial charge in [-0.25, -0.2) is 4.79 Å². The molecular weight excluding hydrogens is 206 g/mol. The van der Waals surface area contributed by atoms with Crippen LogP contribution in [0.25, 0.3) is 0 Å². The van der Waals surface area contributed by atoms with Crippen LogP contribution in [-0.2, 0) is 0 Å². The predicted molar refractivity (Wildman–Crippen MR) is 60.8 cm³/mol. The van der Waals surface area contributed by atoms with Crippen LogP contribution in [0.3, 0.4) is 0 Å². The van der Waals surface area contributed by atoms with E-state index < -0.39 is 0 Å². The van der Waals surface area contributed by atoms with Crippen LogP contribution >= 0.6 is 0 Å². The fourth-order valence-electron chi connectivity index (χ4n) is 1.64. The molecule has 0 amide bonds. The molecule has 0 saturated carbocycles. The number of hydrogen-bond acceptors (Lipinski definition) is 3. The lowest BCUT2D eigenvalue weighted by Crippen LogP contribution is -2.20. The number of nitrogens with one attached hydrogen (secondary N) is 1. The number of H-pyrrole nitrogens is 1. The Labute approximate surface area is 91.7 Å². The molecule has 1 heterocycles. The maximum atomic E-state index is 11.4. The van der Waals surface area contributed by atoms with E-state index >= 15 is 0 Å². The Kier molecular flexibility index (Phi) is 2.68. The van der Waals surface area contributed by atoms with Crippen molar-refractivity contribution in [3.8, 4) is 0 Å². The van der Waals surface area contributed by atoms with Gasteiger partial charge in [0.1, 0.15) is 5.69 Å². The molecule has 2 rings (SSSR count). The summed E-state index contributed by atoms with van der Waals surface area (Å²) in [7, 11) is 0. The van der Waals surface area contributed by atoms with Gasteiger partial charge < -0.3 is 4.98 Å². The van der Waals surface area contributed by atoms with Crippen LogP contribution < -0.4 is 5.69 Å². The Hall–Kier alpha value is -2.17. The molecule has 5 nitrogen and oxygen atoms in total. The molecule has 0 fully saturated rings. The van der Waals surface area contributed by atoms with Crippen molar-refractivity contribution in [1.29, 1.82) is 0 Å². The van der Waals surface area contributed by atoms with E-state index in [0.717, 1.165) is 5.56 Å². The topological polar surface area (TPSA) is 67.2 Å². The maximum Gasteiger partial charge on any atom is 0.326 e. The summed E-state index contributed by atoms with van der Waals surface area (Å²) in [6.45, 7) is 1.89. The molecule has 0 unspecified atom stereocenters. The lowest BCUT2D eigenvalue weighted by molar-refractivity contribution is 0.617. The van der Waals surface area contributed by atoms with Gasteiger partial charge in [0.15, 0.2) is 0 Å². The molecule has 0 aliphatic rings. The highest BCUT2D eigenvalue weighted by atomic mass is 16.3. The zero-order valence-electron chi connectivity index (χ0n) is 8.75. The Balaban J connectivity index is 2.41. The van der Waals surface area contributed by atoms with Gasteiger partial charge in [0.05, 0.1) is 6.04 Å². The first-order chi connectivity index (χ1) is 7.72. The second kappa shape index (κ2) is 4.14. The standard InChI is InChI=1S/C11H11N3O2/c1-8(14-6-5-12-11(14)15)9-3-2-4-10(7-9)13-16/h2-8H,1H3,(H,12,15)/t8-/m1/s1. The van der Waals surface area contributed by atoms with E-state index in [1.165, 1.54) is 0 Å². The van der Waals surface area contributed by atoms with Gasteiger partial charge >= 0.3 is 5.69 Å². The average molecular weight is 217 g/mol. The molecule has 1 atom stereocenters. The van der Waals surface area contributed by atoms with Crippen LogP contribution in [0.1, 0.15) is 18.5 Å². The molecule has 0 aliphatic heterocycles. The van der Waals surface area contributed by atoms with Crippen molar-refractivity contribution in [1.82, 2.24) is 9.55 Å². The summed E-state index contributed by atoms with van der Waals surface area (Å²) in [5.74, 6) is 0. The third-order valence-electron chi connectivity index (χ3n) is 2.55. The maximum absolute atomic E-state index is 11.4. The Morgan fingerprint density at radius 2 is 2.25 bits per heavy atom. The molecule has 1 aromatic carbocycles. The van der Waals surface area contributed by atoms with E-state index in [1.54, 1.807) is 35.2 Å². The molecule has 5 heteroatoms. The van der Waals surface area contributed by atoms with Gasteiger partial charge in [-0.2, -0.15) is 0 Å². The van der Waals surface area contributed by atoms with Gasteiger partial charge in [-0.05, 0) is 29.8 Å². The largest absolute Gasteiger partial charge is 0.326 e. The zero-order valence-corrected chi connectivity index (χ0v) is 8.75. The Morgan fingerprint density at radius 3 is 2.88 bits per heavy atom. The van der Waals surface area contributed by atoms with Crippen molar-refractivity contribution < 1.29 is 0 Å². The second-order valence-corrected chi connectivity index (χ2v) is 3.53. The van der Waals surface area contributed by atoms with Crippen molar-refractivity contribution >= 4 is 5.69 Å². The SMILES string of the molecule is C[C@H](c1cccc(N=O)c1)n1cc[nH]c1=O. The summed E-state index contributed by atoms with van der Waals surface area (Å²) >= 11 is 0. The minimum Gasteiger partial charge on any atom is -0.313 e. The van der Waals surface area contributed by atoms with E-state index in [1.807, 2.05) is 13.0 Å². The number of aromatic amines is 1. The molecule has 1 N–H and O–H groups in total. The highest BCUT2D eigenvalue weighted by Gasteiger charge is 2.09.